The molecule has 3 aliphatic rings. The maximum atomic E-state index is 12.6. The van der Waals surface area contributed by atoms with Gasteiger partial charge in [-0.1, -0.05) is 0 Å². The molecule has 240 valence electrons. The number of carbonyl (C=O) groups is 1. The molecule has 0 radical (unpaired) electrons. The second-order valence-corrected chi connectivity index (χ2v) is 11.1. The lowest BCUT2D eigenvalue weighted by Crippen LogP contribution is -2.69. The molecule has 2 amide bonds. The van der Waals surface area contributed by atoms with Crippen molar-refractivity contribution >= 4 is 6.03 Å². The van der Waals surface area contributed by atoms with Crippen LogP contribution in [0.15, 0.2) is 0 Å². The average molecular weight is 595 g/mol. The Bertz CT molecular complexity index is 804. The van der Waals surface area contributed by atoms with Gasteiger partial charge in [-0.25, -0.2) is 9.86 Å². The van der Waals surface area contributed by atoms with E-state index in [4.69, 9.17) is 42.9 Å². The molecule has 2 aliphatic heterocycles. The van der Waals surface area contributed by atoms with Gasteiger partial charge in [-0.05, 0) is 38.8 Å². The molecule has 1 aliphatic carbocycles. The highest BCUT2D eigenvalue weighted by atomic mass is 16.7. The summed E-state index contributed by atoms with van der Waals surface area (Å²) < 4.78 is 18.0. The van der Waals surface area contributed by atoms with E-state index in [2.05, 4.69) is 10.6 Å². The van der Waals surface area contributed by atoms with Crippen LogP contribution in [-0.2, 0) is 14.2 Å². The zero-order chi connectivity index (χ0) is 30.3. The van der Waals surface area contributed by atoms with Crippen LogP contribution in [0.25, 0.3) is 0 Å². The highest BCUT2D eigenvalue weighted by Crippen LogP contribution is 2.36. The molecule has 1 unspecified atom stereocenters. The van der Waals surface area contributed by atoms with Crippen LogP contribution in [0.4, 0.5) is 4.79 Å². The number of urea groups is 1. The standard InChI is InChI=1S/C24H50N8O9/c25-4-1-6-30-9-11-2-3-12(27)21(39-11)16-13(28)8-14(31-24(37)32(38)7-5-26)22(19(16)35)41-23-20(36)17(29)18(34)15(10-33)40-23/h11-23,30,33-36,38H,1-10,25-29H2,(H,31,37)/t11-,12+,13-,14+,15+,16?,17-,18+,19-,20+,21-,22-,23+/m0/s1. The number of amides is 2. The Hall–Kier alpha value is -1.29. The molecule has 1 saturated carbocycles. The van der Waals surface area contributed by atoms with Gasteiger partial charge in [-0.3, -0.25) is 5.21 Å². The lowest BCUT2D eigenvalue weighted by atomic mass is 9.72. The maximum Gasteiger partial charge on any atom is 0.341 e. The molecule has 2 heterocycles. The van der Waals surface area contributed by atoms with Gasteiger partial charge >= 0.3 is 6.03 Å². The number of rotatable bonds is 12. The SMILES string of the molecule is NCCCNC[C@@H]1CC[C@@H](N)[C@@H](C2[C@@H](N)C[C@@H](NC(=O)N(O)CCN)[C@H](O[C@H]3O[C@H](CO)[C@@H](O)[C@H](N)[C@H]3O)[C@H]2O)O1. The summed E-state index contributed by atoms with van der Waals surface area (Å²) in [5, 5.41) is 58.6. The molecule has 2 saturated heterocycles. The maximum absolute atomic E-state index is 12.6. The van der Waals surface area contributed by atoms with E-state index in [9.17, 15) is 30.4 Å². The van der Waals surface area contributed by atoms with Gasteiger partial charge in [0.1, 0.15) is 24.4 Å². The largest absolute Gasteiger partial charge is 0.394 e. The van der Waals surface area contributed by atoms with Gasteiger partial charge in [-0.2, -0.15) is 0 Å². The summed E-state index contributed by atoms with van der Waals surface area (Å²) >= 11 is 0. The fraction of sp³-hybridized carbons (Fsp3) is 0.958. The fourth-order valence-corrected chi connectivity index (χ4v) is 5.84. The van der Waals surface area contributed by atoms with E-state index in [1.165, 1.54) is 0 Å². The number of carbonyl (C=O) groups excluding carboxylic acids is 1. The van der Waals surface area contributed by atoms with E-state index < -0.39 is 85.6 Å². The summed E-state index contributed by atoms with van der Waals surface area (Å²) in [7, 11) is 0. The van der Waals surface area contributed by atoms with Crippen LogP contribution < -0.4 is 39.3 Å². The molecule has 0 aromatic carbocycles. The molecule has 13 atom stereocenters. The summed E-state index contributed by atoms with van der Waals surface area (Å²) in [4.78, 5) is 12.6. The summed E-state index contributed by atoms with van der Waals surface area (Å²) in [6, 6.07) is -4.23. The van der Waals surface area contributed by atoms with Crippen molar-refractivity contribution in [1.29, 1.82) is 0 Å². The van der Waals surface area contributed by atoms with Gasteiger partial charge in [0.05, 0.1) is 43.5 Å². The highest BCUT2D eigenvalue weighted by molar-refractivity contribution is 5.73. The fourth-order valence-electron chi connectivity index (χ4n) is 5.84. The molecule has 17 N–H and O–H groups in total. The molecule has 41 heavy (non-hydrogen) atoms. The van der Waals surface area contributed by atoms with E-state index in [0.29, 0.717) is 31.0 Å². The molecule has 0 aromatic rings. The summed E-state index contributed by atoms with van der Waals surface area (Å²) in [5.41, 5.74) is 29.9. The lowest BCUT2D eigenvalue weighted by molar-refractivity contribution is -0.306. The van der Waals surface area contributed by atoms with Crippen molar-refractivity contribution in [2.75, 3.05) is 39.3 Å². The Morgan fingerprint density at radius 2 is 1.73 bits per heavy atom. The molecular weight excluding hydrogens is 544 g/mol. The first-order valence-electron chi connectivity index (χ1n) is 14.3. The number of hydroxylamine groups is 2. The van der Waals surface area contributed by atoms with Crippen LogP contribution in [0.3, 0.4) is 0 Å². The minimum atomic E-state index is -1.53. The number of nitrogens with zero attached hydrogens (tertiary/aromatic N) is 1. The highest BCUT2D eigenvalue weighted by Gasteiger charge is 2.53. The summed E-state index contributed by atoms with van der Waals surface area (Å²) in [5.74, 6) is -0.738. The van der Waals surface area contributed by atoms with Crippen LogP contribution in [0.1, 0.15) is 25.7 Å². The van der Waals surface area contributed by atoms with Gasteiger partial charge in [0, 0.05) is 31.1 Å². The van der Waals surface area contributed by atoms with E-state index in [-0.39, 0.29) is 25.6 Å². The van der Waals surface area contributed by atoms with Crippen molar-refractivity contribution in [3.63, 3.8) is 0 Å². The van der Waals surface area contributed by atoms with Crippen LogP contribution in [0, 0.1) is 5.92 Å². The van der Waals surface area contributed by atoms with Crippen molar-refractivity contribution in [3.8, 4) is 0 Å². The number of nitrogens with two attached hydrogens (primary N) is 5. The van der Waals surface area contributed by atoms with Gasteiger partial charge in [0.25, 0.3) is 0 Å². The van der Waals surface area contributed by atoms with Crippen molar-refractivity contribution in [2.45, 2.75) is 98.9 Å². The Morgan fingerprint density at radius 3 is 2.39 bits per heavy atom. The first-order valence-corrected chi connectivity index (χ1v) is 14.3. The van der Waals surface area contributed by atoms with Gasteiger partial charge < -0.3 is 73.9 Å². The summed E-state index contributed by atoms with van der Waals surface area (Å²) in [6.45, 7) is 1.11. The molecule has 0 aromatic heterocycles. The van der Waals surface area contributed by atoms with E-state index >= 15 is 0 Å². The van der Waals surface area contributed by atoms with Crippen LogP contribution in [-0.4, -0.2) is 149 Å². The zero-order valence-corrected chi connectivity index (χ0v) is 23.3. The minimum absolute atomic E-state index is 0.00273. The third-order valence-corrected chi connectivity index (χ3v) is 8.16. The normalized spacial score (nSPS) is 41.7. The molecule has 0 spiro atoms. The number of aliphatic hydroxyl groups is 4. The predicted molar refractivity (Wildman–Crippen MR) is 145 cm³/mol. The third kappa shape index (κ3) is 8.42. The molecule has 17 heteroatoms. The smallest absolute Gasteiger partial charge is 0.341 e. The van der Waals surface area contributed by atoms with E-state index in [1.807, 2.05) is 0 Å². The van der Waals surface area contributed by atoms with Gasteiger partial charge in [-0.15, -0.1) is 0 Å². The second-order valence-electron chi connectivity index (χ2n) is 11.1. The Balaban J connectivity index is 1.83. The molecule has 3 fully saturated rings. The molecule has 0 bridgehead atoms. The average Bonchev–Trinajstić information content (AvgIpc) is 2.94. The molecule has 17 nitrogen and oxygen atoms in total. The minimum Gasteiger partial charge on any atom is -0.394 e. The summed E-state index contributed by atoms with van der Waals surface area (Å²) in [6.07, 6.45) is -6.76. The van der Waals surface area contributed by atoms with Crippen LogP contribution in [0.5, 0.6) is 0 Å². The second kappa shape index (κ2) is 16.0. The number of nitrogens with one attached hydrogen (secondary N) is 2. The van der Waals surface area contributed by atoms with Crippen molar-refractivity contribution in [2.24, 2.45) is 34.6 Å². The lowest BCUT2D eigenvalue weighted by Gasteiger charge is -2.51. The van der Waals surface area contributed by atoms with Crippen LogP contribution >= 0.6 is 0 Å². The number of hydrogen-bond acceptors (Lipinski definition) is 15. The topological polar surface area (TPSA) is 303 Å². The van der Waals surface area contributed by atoms with Gasteiger partial charge in [0.15, 0.2) is 6.29 Å². The van der Waals surface area contributed by atoms with Crippen LogP contribution in [0.2, 0.25) is 0 Å². The van der Waals surface area contributed by atoms with E-state index in [1.54, 1.807) is 0 Å². The van der Waals surface area contributed by atoms with E-state index in [0.717, 1.165) is 13.0 Å². The Labute approximate surface area is 239 Å². The zero-order valence-electron chi connectivity index (χ0n) is 23.3. The number of ether oxygens (including phenoxy) is 3. The predicted octanol–water partition coefficient (Wildman–Crippen LogP) is -5.61. The van der Waals surface area contributed by atoms with Gasteiger partial charge in [0.2, 0.25) is 0 Å². The monoisotopic (exact) mass is 594 g/mol. The first-order chi connectivity index (χ1) is 19.5. The Morgan fingerprint density at radius 1 is 1.00 bits per heavy atom. The van der Waals surface area contributed by atoms with Crippen molar-refractivity contribution in [3.05, 3.63) is 0 Å². The van der Waals surface area contributed by atoms with Crippen molar-refractivity contribution < 1.29 is 44.6 Å². The number of hydrogen-bond donors (Lipinski definition) is 12. The first kappa shape index (κ1) is 34.2. The Kier molecular flexibility index (Phi) is 13.3. The third-order valence-electron chi connectivity index (χ3n) is 8.16. The quantitative estimate of drug-likeness (QED) is 0.0569. The molecule has 3 rings (SSSR count). The number of aliphatic hydroxyl groups excluding tert-OH is 4. The van der Waals surface area contributed by atoms with Crippen molar-refractivity contribution in [1.82, 2.24) is 15.7 Å². The molecular formula is C24H50N8O9.